The van der Waals surface area contributed by atoms with Crippen molar-refractivity contribution in [1.82, 2.24) is 15.1 Å². The van der Waals surface area contributed by atoms with E-state index in [1.54, 1.807) is 13.8 Å². The highest BCUT2D eigenvalue weighted by Gasteiger charge is 2.42. The number of rotatable bonds is 4. The summed E-state index contributed by atoms with van der Waals surface area (Å²) in [6, 6.07) is -0.402. The van der Waals surface area contributed by atoms with Crippen molar-refractivity contribution in [2.75, 3.05) is 26.2 Å². The van der Waals surface area contributed by atoms with E-state index in [1.807, 2.05) is 13.8 Å². The van der Waals surface area contributed by atoms with Crippen molar-refractivity contribution in [2.45, 2.75) is 33.2 Å². The number of urea groups is 1. The standard InChI is InChI=1S/C13H23N3O4/c1-9(2)7-15(8-10(17)18)12(20)16-6-5-14-11(19)13(16,3)4/h9H,5-8H2,1-4H3,(H,14,19)(H,17,18). The number of carbonyl (C=O) groups is 3. The smallest absolute Gasteiger partial charge is 0.323 e. The zero-order chi connectivity index (χ0) is 15.5. The largest absolute Gasteiger partial charge is 0.480 e. The van der Waals surface area contributed by atoms with Gasteiger partial charge in [0.25, 0.3) is 0 Å². The fourth-order valence-electron chi connectivity index (χ4n) is 2.22. The van der Waals surface area contributed by atoms with Gasteiger partial charge in [-0.05, 0) is 19.8 Å². The summed E-state index contributed by atoms with van der Waals surface area (Å²) in [4.78, 5) is 38.0. The highest BCUT2D eigenvalue weighted by molar-refractivity contribution is 5.92. The summed E-state index contributed by atoms with van der Waals surface area (Å²) in [5.74, 6) is -1.13. The molecule has 2 N–H and O–H groups in total. The Kier molecular flexibility index (Phi) is 4.97. The van der Waals surface area contributed by atoms with Gasteiger partial charge in [-0.3, -0.25) is 9.59 Å². The molecule has 1 saturated heterocycles. The van der Waals surface area contributed by atoms with E-state index in [0.29, 0.717) is 19.6 Å². The van der Waals surface area contributed by atoms with Crippen molar-refractivity contribution in [3.63, 3.8) is 0 Å². The molecule has 3 amide bonds. The zero-order valence-corrected chi connectivity index (χ0v) is 12.5. The maximum atomic E-state index is 12.5. The molecule has 114 valence electrons. The Bertz CT molecular complexity index is 406. The average Bonchev–Trinajstić information content (AvgIpc) is 2.29. The Morgan fingerprint density at radius 1 is 1.45 bits per heavy atom. The number of nitrogens with zero attached hydrogens (tertiary/aromatic N) is 2. The summed E-state index contributed by atoms with van der Waals surface area (Å²) in [5, 5.41) is 11.6. The molecule has 1 aliphatic heterocycles. The normalized spacial score (nSPS) is 17.9. The van der Waals surface area contributed by atoms with Crippen LogP contribution in [0.25, 0.3) is 0 Å². The van der Waals surface area contributed by atoms with Crippen LogP contribution in [-0.4, -0.2) is 64.5 Å². The van der Waals surface area contributed by atoms with Crippen LogP contribution < -0.4 is 5.32 Å². The molecule has 0 atom stereocenters. The lowest BCUT2D eigenvalue weighted by atomic mass is 9.99. The van der Waals surface area contributed by atoms with E-state index in [-0.39, 0.29) is 18.4 Å². The van der Waals surface area contributed by atoms with Gasteiger partial charge < -0.3 is 20.2 Å². The Morgan fingerprint density at radius 3 is 2.55 bits per heavy atom. The minimum absolute atomic E-state index is 0.153. The number of piperazine rings is 1. The highest BCUT2D eigenvalue weighted by atomic mass is 16.4. The number of hydrogen-bond acceptors (Lipinski definition) is 3. The fourth-order valence-corrected chi connectivity index (χ4v) is 2.22. The summed E-state index contributed by atoms with van der Waals surface area (Å²) in [6.45, 7) is 7.90. The number of hydrogen-bond donors (Lipinski definition) is 2. The second kappa shape index (κ2) is 6.11. The predicted octanol–water partition coefficient (Wildman–Crippen LogP) is 0.359. The first-order valence-electron chi connectivity index (χ1n) is 6.73. The molecule has 0 unspecified atom stereocenters. The lowest BCUT2D eigenvalue weighted by molar-refractivity contribution is -0.138. The second-order valence-corrected chi connectivity index (χ2v) is 5.92. The molecule has 1 aliphatic rings. The van der Waals surface area contributed by atoms with Crippen LogP contribution >= 0.6 is 0 Å². The number of amides is 3. The minimum Gasteiger partial charge on any atom is -0.480 e. The topological polar surface area (TPSA) is 90.0 Å². The van der Waals surface area contributed by atoms with E-state index in [0.717, 1.165) is 0 Å². The van der Waals surface area contributed by atoms with Gasteiger partial charge in [-0.15, -0.1) is 0 Å². The first-order chi connectivity index (χ1) is 9.16. The van der Waals surface area contributed by atoms with Crippen molar-refractivity contribution in [2.24, 2.45) is 5.92 Å². The van der Waals surface area contributed by atoms with E-state index in [9.17, 15) is 14.4 Å². The maximum absolute atomic E-state index is 12.5. The summed E-state index contributed by atoms with van der Waals surface area (Å²) < 4.78 is 0. The Labute approximate surface area is 118 Å². The van der Waals surface area contributed by atoms with Crippen LogP contribution in [0.3, 0.4) is 0 Å². The van der Waals surface area contributed by atoms with Gasteiger partial charge in [-0.1, -0.05) is 13.8 Å². The second-order valence-electron chi connectivity index (χ2n) is 5.92. The third-order valence-electron chi connectivity index (χ3n) is 3.26. The van der Waals surface area contributed by atoms with Gasteiger partial charge in [0.15, 0.2) is 0 Å². The highest BCUT2D eigenvalue weighted by Crippen LogP contribution is 2.20. The molecule has 7 nitrogen and oxygen atoms in total. The molecule has 7 heteroatoms. The van der Waals surface area contributed by atoms with Crippen molar-refractivity contribution < 1.29 is 19.5 Å². The van der Waals surface area contributed by atoms with E-state index >= 15 is 0 Å². The monoisotopic (exact) mass is 285 g/mol. The molecule has 0 aliphatic carbocycles. The average molecular weight is 285 g/mol. The molecular weight excluding hydrogens is 262 g/mol. The van der Waals surface area contributed by atoms with Crippen molar-refractivity contribution in [3.05, 3.63) is 0 Å². The van der Waals surface area contributed by atoms with Gasteiger partial charge in [0, 0.05) is 19.6 Å². The quantitative estimate of drug-likeness (QED) is 0.780. The Hall–Kier alpha value is -1.79. The molecule has 0 aromatic rings. The van der Waals surface area contributed by atoms with Gasteiger partial charge in [0.1, 0.15) is 12.1 Å². The molecule has 1 heterocycles. The SMILES string of the molecule is CC(C)CN(CC(=O)O)C(=O)N1CCNC(=O)C1(C)C. The minimum atomic E-state index is -1.06. The van der Waals surface area contributed by atoms with Crippen LogP contribution in [0.1, 0.15) is 27.7 Å². The molecule has 0 radical (unpaired) electrons. The molecular formula is C13H23N3O4. The first-order valence-corrected chi connectivity index (χ1v) is 6.73. The number of carboxylic acid groups (broad SMARTS) is 1. The van der Waals surface area contributed by atoms with Crippen molar-refractivity contribution in [1.29, 1.82) is 0 Å². The van der Waals surface area contributed by atoms with Gasteiger partial charge in [-0.2, -0.15) is 0 Å². The summed E-state index contributed by atoms with van der Waals surface area (Å²) >= 11 is 0. The molecule has 1 rings (SSSR count). The van der Waals surface area contributed by atoms with Crippen LogP contribution in [0.2, 0.25) is 0 Å². The van der Waals surface area contributed by atoms with Gasteiger partial charge >= 0.3 is 12.0 Å². The van der Waals surface area contributed by atoms with E-state index in [2.05, 4.69) is 5.32 Å². The number of carbonyl (C=O) groups excluding carboxylic acids is 2. The van der Waals surface area contributed by atoms with E-state index in [1.165, 1.54) is 9.80 Å². The van der Waals surface area contributed by atoms with Crippen LogP contribution in [0.5, 0.6) is 0 Å². The third kappa shape index (κ3) is 3.61. The third-order valence-corrected chi connectivity index (χ3v) is 3.26. The van der Waals surface area contributed by atoms with Crippen LogP contribution in [0, 0.1) is 5.92 Å². The molecule has 0 bridgehead atoms. The van der Waals surface area contributed by atoms with Crippen molar-refractivity contribution in [3.8, 4) is 0 Å². The summed E-state index contributed by atoms with van der Waals surface area (Å²) in [7, 11) is 0. The molecule has 0 aromatic carbocycles. The van der Waals surface area contributed by atoms with Crippen LogP contribution in [-0.2, 0) is 9.59 Å². The van der Waals surface area contributed by atoms with Gasteiger partial charge in [0.2, 0.25) is 5.91 Å². The Balaban J connectivity index is 2.92. The van der Waals surface area contributed by atoms with E-state index in [4.69, 9.17) is 5.11 Å². The molecule has 20 heavy (non-hydrogen) atoms. The zero-order valence-electron chi connectivity index (χ0n) is 12.5. The number of aliphatic carboxylic acids is 1. The fraction of sp³-hybridized carbons (Fsp3) is 0.769. The van der Waals surface area contributed by atoms with Crippen LogP contribution in [0.4, 0.5) is 4.79 Å². The summed E-state index contributed by atoms with van der Waals surface area (Å²) in [5.41, 5.74) is -0.969. The molecule has 1 fully saturated rings. The lowest BCUT2D eigenvalue weighted by Gasteiger charge is -2.43. The van der Waals surface area contributed by atoms with Gasteiger partial charge in [-0.25, -0.2) is 4.79 Å². The van der Waals surface area contributed by atoms with Crippen molar-refractivity contribution >= 4 is 17.9 Å². The van der Waals surface area contributed by atoms with Gasteiger partial charge in [0.05, 0.1) is 0 Å². The number of nitrogens with one attached hydrogen (secondary N) is 1. The van der Waals surface area contributed by atoms with Crippen LogP contribution in [0.15, 0.2) is 0 Å². The summed E-state index contributed by atoms with van der Waals surface area (Å²) in [6.07, 6.45) is 0. The Morgan fingerprint density at radius 2 is 2.05 bits per heavy atom. The van der Waals surface area contributed by atoms with E-state index < -0.39 is 17.5 Å². The number of carboxylic acids is 1. The molecule has 0 aromatic heterocycles. The molecule has 0 saturated carbocycles. The molecule has 0 spiro atoms. The lowest BCUT2D eigenvalue weighted by Crippen LogP contribution is -2.66. The predicted molar refractivity (Wildman–Crippen MR) is 73.2 cm³/mol. The first kappa shape index (κ1) is 16.3. The maximum Gasteiger partial charge on any atom is 0.323 e.